The van der Waals surface area contributed by atoms with Gasteiger partial charge in [-0.15, -0.1) is 0 Å². The van der Waals surface area contributed by atoms with Gasteiger partial charge in [-0.3, -0.25) is 9.48 Å². The minimum absolute atomic E-state index is 0.00387. The Bertz CT molecular complexity index is 1130. The number of carbonyl (C=O) groups is 1. The van der Waals surface area contributed by atoms with Gasteiger partial charge < -0.3 is 25.2 Å². The topological polar surface area (TPSA) is 100 Å². The van der Waals surface area contributed by atoms with Crippen LogP contribution in [0.5, 0.6) is 0 Å². The van der Waals surface area contributed by atoms with Crippen LogP contribution in [0.2, 0.25) is 0 Å². The van der Waals surface area contributed by atoms with Gasteiger partial charge in [-0.25, -0.2) is 4.98 Å². The fourth-order valence-corrected chi connectivity index (χ4v) is 5.73. The summed E-state index contributed by atoms with van der Waals surface area (Å²) in [6.07, 6.45) is 3.38. The Morgan fingerprint density at radius 3 is 2.66 bits per heavy atom. The third kappa shape index (κ3) is 5.88. The van der Waals surface area contributed by atoms with E-state index in [4.69, 9.17) is 9.84 Å². The highest BCUT2D eigenvalue weighted by Crippen LogP contribution is 2.40. The van der Waals surface area contributed by atoms with Crippen molar-refractivity contribution in [3.05, 3.63) is 23.7 Å². The zero-order chi connectivity index (χ0) is 26.9. The highest BCUT2D eigenvalue weighted by atomic mass is 19.4. The number of hydrogen-bond donors (Lipinski definition) is 2. The summed E-state index contributed by atoms with van der Waals surface area (Å²) in [5.41, 5.74) is 0.473. The molecule has 2 N–H and O–H groups in total. The number of rotatable bonds is 8. The Kier molecular flexibility index (Phi) is 7.75. The van der Waals surface area contributed by atoms with Crippen molar-refractivity contribution < 1.29 is 22.7 Å². The number of nitrogens with zero attached hydrogens (tertiary/aromatic N) is 6. The van der Waals surface area contributed by atoms with E-state index >= 15 is 0 Å². The predicted octanol–water partition coefficient (Wildman–Crippen LogP) is 3.59. The van der Waals surface area contributed by atoms with Crippen molar-refractivity contribution in [3.63, 3.8) is 0 Å². The SMILES string of the molecule is Cc1nn(C2CC3CCC(C2)N3C)cc1Nc1ncc(C(F)(F)F)c(NCCCN2CCOCCC2=O)n1. The molecule has 3 fully saturated rings. The van der Waals surface area contributed by atoms with Crippen molar-refractivity contribution in [2.24, 2.45) is 0 Å². The average Bonchev–Trinajstić information content (AvgIpc) is 3.20. The summed E-state index contributed by atoms with van der Waals surface area (Å²) in [6.45, 7) is 3.87. The van der Waals surface area contributed by atoms with Crippen molar-refractivity contribution in [3.8, 4) is 0 Å². The van der Waals surface area contributed by atoms with E-state index in [0.717, 1.165) is 24.7 Å². The molecule has 0 aliphatic carbocycles. The molecular weight excluding hydrogens is 501 g/mol. The Morgan fingerprint density at radius 2 is 1.92 bits per heavy atom. The Morgan fingerprint density at radius 1 is 1.16 bits per heavy atom. The molecule has 2 atom stereocenters. The fourth-order valence-electron chi connectivity index (χ4n) is 5.73. The van der Waals surface area contributed by atoms with Crippen LogP contribution in [0.25, 0.3) is 0 Å². The summed E-state index contributed by atoms with van der Waals surface area (Å²) >= 11 is 0. The largest absolute Gasteiger partial charge is 0.421 e. The highest BCUT2D eigenvalue weighted by molar-refractivity contribution is 5.76. The number of aryl methyl sites for hydroxylation is 1. The number of alkyl halides is 3. The van der Waals surface area contributed by atoms with Gasteiger partial charge >= 0.3 is 6.18 Å². The lowest BCUT2D eigenvalue weighted by atomic mass is 9.98. The number of aromatic nitrogens is 4. The van der Waals surface area contributed by atoms with Gasteiger partial charge in [0.2, 0.25) is 11.9 Å². The minimum Gasteiger partial charge on any atom is -0.379 e. The molecule has 0 saturated carbocycles. The molecule has 0 radical (unpaired) electrons. The summed E-state index contributed by atoms with van der Waals surface area (Å²) in [7, 11) is 2.19. The molecule has 0 aromatic carbocycles. The van der Waals surface area contributed by atoms with E-state index in [1.54, 1.807) is 4.90 Å². The number of ether oxygens (including phenoxy) is 1. The van der Waals surface area contributed by atoms with E-state index in [9.17, 15) is 18.0 Å². The lowest BCUT2D eigenvalue weighted by Crippen LogP contribution is -2.40. The van der Waals surface area contributed by atoms with Gasteiger partial charge in [0.1, 0.15) is 11.4 Å². The number of anilines is 3. The molecule has 208 valence electrons. The third-order valence-corrected chi connectivity index (χ3v) is 7.92. The first-order valence-electron chi connectivity index (χ1n) is 13.3. The van der Waals surface area contributed by atoms with Crippen LogP contribution in [0.15, 0.2) is 12.4 Å². The molecule has 2 aromatic rings. The molecule has 38 heavy (non-hydrogen) atoms. The minimum atomic E-state index is -4.60. The molecule has 2 unspecified atom stereocenters. The monoisotopic (exact) mass is 536 g/mol. The van der Waals surface area contributed by atoms with Gasteiger partial charge in [0.05, 0.1) is 37.1 Å². The Hall–Kier alpha value is -2.93. The van der Waals surface area contributed by atoms with E-state index in [1.165, 1.54) is 12.8 Å². The Labute approximate surface area is 219 Å². The van der Waals surface area contributed by atoms with Crippen molar-refractivity contribution in [2.75, 3.05) is 50.5 Å². The number of carbonyl (C=O) groups excluding carboxylic acids is 1. The highest BCUT2D eigenvalue weighted by Gasteiger charge is 2.39. The molecule has 10 nitrogen and oxygen atoms in total. The molecule has 3 aliphatic rings. The van der Waals surface area contributed by atoms with Gasteiger partial charge in [-0.1, -0.05) is 0 Å². The van der Waals surface area contributed by atoms with Gasteiger partial charge in [0.15, 0.2) is 0 Å². The van der Waals surface area contributed by atoms with Crippen LogP contribution >= 0.6 is 0 Å². The van der Waals surface area contributed by atoms with Crippen LogP contribution in [0, 0.1) is 6.92 Å². The molecule has 2 aromatic heterocycles. The van der Waals surface area contributed by atoms with Crippen molar-refractivity contribution in [2.45, 2.75) is 69.8 Å². The maximum atomic E-state index is 13.6. The summed E-state index contributed by atoms with van der Waals surface area (Å²) in [5, 5.41) is 10.6. The van der Waals surface area contributed by atoms with Crippen LogP contribution in [0.1, 0.15) is 55.8 Å². The summed E-state index contributed by atoms with van der Waals surface area (Å²) < 4.78 is 48.2. The van der Waals surface area contributed by atoms with E-state index in [1.807, 2.05) is 17.8 Å². The molecule has 5 heterocycles. The second-order valence-electron chi connectivity index (χ2n) is 10.4. The van der Waals surface area contributed by atoms with E-state index < -0.39 is 11.7 Å². The summed E-state index contributed by atoms with van der Waals surface area (Å²) in [6, 6.07) is 1.43. The van der Waals surface area contributed by atoms with Crippen molar-refractivity contribution in [1.29, 1.82) is 0 Å². The van der Waals surface area contributed by atoms with Gasteiger partial charge in [0.25, 0.3) is 0 Å². The quantitative estimate of drug-likeness (QED) is 0.494. The molecular formula is C25H35F3N8O2. The van der Waals surface area contributed by atoms with E-state index in [2.05, 4.69) is 32.5 Å². The maximum absolute atomic E-state index is 13.6. The number of piperidine rings is 1. The van der Waals surface area contributed by atoms with Crippen LogP contribution in [0.4, 0.5) is 30.6 Å². The third-order valence-electron chi connectivity index (χ3n) is 7.92. The lowest BCUT2D eigenvalue weighted by molar-refractivity contribution is -0.137. The zero-order valence-corrected chi connectivity index (χ0v) is 21.8. The fraction of sp³-hybridized carbons (Fsp3) is 0.680. The smallest absolute Gasteiger partial charge is 0.379 e. The lowest BCUT2D eigenvalue weighted by Gasteiger charge is -2.36. The first-order valence-corrected chi connectivity index (χ1v) is 13.3. The molecule has 3 saturated heterocycles. The molecule has 13 heteroatoms. The normalized spacial score (nSPS) is 24.5. The van der Waals surface area contributed by atoms with Crippen LogP contribution in [-0.2, 0) is 15.7 Å². The van der Waals surface area contributed by atoms with Crippen LogP contribution in [0.3, 0.4) is 0 Å². The van der Waals surface area contributed by atoms with Crippen molar-refractivity contribution >= 4 is 23.4 Å². The van der Waals surface area contributed by atoms with Crippen LogP contribution in [-0.4, -0.2) is 87.4 Å². The predicted molar refractivity (Wildman–Crippen MR) is 135 cm³/mol. The molecule has 3 aliphatic heterocycles. The summed E-state index contributed by atoms with van der Waals surface area (Å²) in [4.78, 5) is 24.3. The van der Waals surface area contributed by atoms with Gasteiger partial charge in [-0.2, -0.15) is 23.3 Å². The van der Waals surface area contributed by atoms with E-state index in [-0.39, 0.29) is 24.2 Å². The Balaban J connectivity index is 1.25. The second kappa shape index (κ2) is 11.0. The molecule has 2 bridgehead atoms. The maximum Gasteiger partial charge on any atom is 0.421 e. The second-order valence-corrected chi connectivity index (χ2v) is 10.4. The van der Waals surface area contributed by atoms with Crippen molar-refractivity contribution in [1.82, 2.24) is 29.5 Å². The number of nitrogens with one attached hydrogen (secondary N) is 2. The molecule has 0 spiro atoms. The number of fused-ring (bicyclic) bond motifs is 2. The average molecular weight is 537 g/mol. The molecule has 1 amide bonds. The van der Waals surface area contributed by atoms with Crippen LogP contribution < -0.4 is 10.6 Å². The first-order chi connectivity index (χ1) is 18.2. The zero-order valence-electron chi connectivity index (χ0n) is 21.8. The summed E-state index contributed by atoms with van der Waals surface area (Å²) in [5.74, 6) is -0.236. The van der Waals surface area contributed by atoms with E-state index in [0.29, 0.717) is 63.0 Å². The number of amides is 1. The molecule has 5 rings (SSSR count). The standard InChI is InChI=1S/C25H35F3N8O2/c1-16-21(15-36(33-16)19-12-17-4-5-18(13-19)34(17)2)31-24-30-14-20(25(26,27)28)23(32-24)29-7-3-8-35-9-11-38-10-6-22(35)37/h14-15,17-19H,3-13H2,1-2H3,(H2,29,30,31,32). The van der Waals surface area contributed by atoms with Gasteiger partial charge in [-0.05, 0) is 46.1 Å². The number of halogens is 3. The van der Waals surface area contributed by atoms with Gasteiger partial charge in [0, 0.05) is 44.1 Å². The first kappa shape index (κ1) is 26.7. The number of hydrogen-bond acceptors (Lipinski definition) is 8.